The largest absolute Gasteiger partial charge is 0.302 e. The van der Waals surface area contributed by atoms with Crippen molar-refractivity contribution in [1.29, 1.82) is 0 Å². The smallest absolute Gasteiger partial charge is 0.0239 e. The molecule has 0 radical (unpaired) electrons. The van der Waals surface area contributed by atoms with Crippen LogP contribution in [0, 0.1) is 0 Å². The minimum absolute atomic E-state index is 1.02. The molecule has 0 aliphatic rings. The van der Waals surface area contributed by atoms with Crippen LogP contribution in [0.5, 0.6) is 0 Å². The molecule has 1 N–H and O–H groups in total. The normalized spacial score (nSPS) is 11.1. The highest BCUT2D eigenvalue weighted by atomic mass is 79.9. The summed E-state index contributed by atoms with van der Waals surface area (Å²) < 4.78 is 4.56. The molecule has 0 unspecified atom stereocenters. The lowest BCUT2D eigenvalue weighted by molar-refractivity contribution is 0.280. The van der Waals surface area contributed by atoms with E-state index in [1.54, 1.807) is 11.9 Å². The maximum absolute atomic E-state index is 3.49. The van der Waals surface area contributed by atoms with Crippen molar-refractivity contribution in [3.8, 4) is 0 Å². The third-order valence-corrected chi connectivity index (χ3v) is 3.93. The lowest BCUT2D eigenvalue weighted by atomic mass is 10.3. The summed E-state index contributed by atoms with van der Waals surface area (Å²) >= 11 is 5.19. The molecule has 102 valence electrons. The number of halogens is 1. The Hall–Kier alpha value is -0.0300. The highest BCUT2D eigenvalue weighted by Gasteiger charge is 2.01. The number of benzene rings is 1. The average molecular weight is 331 g/mol. The van der Waals surface area contributed by atoms with Gasteiger partial charge in [-0.1, -0.05) is 35.8 Å². The molecule has 0 atom stereocenters. The molecule has 1 aromatic rings. The number of nitrogens with one attached hydrogen (secondary N) is 1. The van der Waals surface area contributed by atoms with Crippen molar-refractivity contribution in [1.82, 2.24) is 9.62 Å². The minimum atomic E-state index is 1.02. The highest BCUT2D eigenvalue weighted by molar-refractivity contribution is 9.10. The summed E-state index contributed by atoms with van der Waals surface area (Å²) in [5.74, 6) is 0. The molecular weight excluding hydrogens is 308 g/mol. The van der Waals surface area contributed by atoms with Gasteiger partial charge in [-0.25, -0.2) is 0 Å². The molecule has 4 heteroatoms. The summed E-state index contributed by atoms with van der Waals surface area (Å²) in [6.07, 6.45) is 2.47. The van der Waals surface area contributed by atoms with E-state index in [1.165, 1.54) is 30.8 Å². The van der Waals surface area contributed by atoms with Crippen LogP contribution in [0.15, 0.2) is 33.6 Å². The lowest BCUT2D eigenvalue weighted by Gasteiger charge is -2.20. The van der Waals surface area contributed by atoms with Crippen molar-refractivity contribution in [2.75, 3.05) is 26.2 Å². The Labute approximate surface area is 124 Å². The number of hydrogen-bond acceptors (Lipinski definition) is 3. The van der Waals surface area contributed by atoms with Crippen LogP contribution in [0.2, 0.25) is 0 Å². The first-order valence-electron chi connectivity index (χ1n) is 6.64. The van der Waals surface area contributed by atoms with Crippen molar-refractivity contribution in [2.45, 2.75) is 31.6 Å². The minimum Gasteiger partial charge on any atom is -0.302 e. The van der Waals surface area contributed by atoms with Gasteiger partial charge in [-0.15, -0.1) is 0 Å². The summed E-state index contributed by atoms with van der Waals surface area (Å²) in [7, 11) is 0. The van der Waals surface area contributed by atoms with Gasteiger partial charge in [0.1, 0.15) is 0 Å². The van der Waals surface area contributed by atoms with Gasteiger partial charge in [0.2, 0.25) is 0 Å². The Bertz CT molecular complexity index is 327. The Balaban J connectivity index is 2.20. The van der Waals surface area contributed by atoms with E-state index in [0.717, 1.165) is 17.6 Å². The fraction of sp³-hybridized carbons (Fsp3) is 0.571. The van der Waals surface area contributed by atoms with E-state index in [2.05, 4.69) is 57.6 Å². The van der Waals surface area contributed by atoms with Crippen LogP contribution in [0.4, 0.5) is 0 Å². The maximum Gasteiger partial charge on any atom is 0.0239 e. The molecule has 0 amide bonds. The molecule has 0 saturated heterocycles. The maximum atomic E-state index is 3.49. The van der Waals surface area contributed by atoms with Gasteiger partial charge in [0.05, 0.1) is 0 Å². The van der Waals surface area contributed by atoms with Gasteiger partial charge in [0.25, 0.3) is 0 Å². The first-order valence-corrected chi connectivity index (χ1v) is 8.24. The van der Waals surface area contributed by atoms with E-state index in [1.807, 2.05) is 6.07 Å². The Morgan fingerprint density at radius 3 is 2.50 bits per heavy atom. The zero-order valence-corrected chi connectivity index (χ0v) is 13.7. The zero-order chi connectivity index (χ0) is 13.2. The SMILES string of the molecule is CCCN(CCC)CCNSc1cccc(Br)c1. The standard InChI is InChI=1S/C14H23BrN2S/c1-3-9-17(10-4-2)11-8-16-18-14-7-5-6-13(15)12-14/h5-7,12,16H,3-4,8-11H2,1-2H3. The molecule has 0 aromatic heterocycles. The van der Waals surface area contributed by atoms with Crippen molar-refractivity contribution in [2.24, 2.45) is 0 Å². The highest BCUT2D eigenvalue weighted by Crippen LogP contribution is 2.19. The van der Waals surface area contributed by atoms with E-state index in [0.29, 0.717) is 0 Å². The van der Waals surface area contributed by atoms with Gasteiger partial charge in [0, 0.05) is 22.5 Å². The van der Waals surface area contributed by atoms with Gasteiger partial charge in [-0.3, -0.25) is 4.72 Å². The van der Waals surface area contributed by atoms with Crippen LogP contribution in [0.25, 0.3) is 0 Å². The molecule has 0 aliphatic carbocycles. The second-order valence-electron chi connectivity index (χ2n) is 4.30. The topological polar surface area (TPSA) is 15.3 Å². The van der Waals surface area contributed by atoms with Crippen molar-refractivity contribution in [3.05, 3.63) is 28.7 Å². The van der Waals surface area contributed by atoms with Crippen LogP contribution >= 0.6 is 27.9 Å². The molecule has 0 saturated carbocycles. The molecule has 1 aromatic carbocycles. The molecule has 18 heavy (non-hydrogen) atoms. The van der Waals surface area contributed by atoms with E-state index in [-0.39, 0.29) is 0 Å². The fourth-order valence-electron chi connectivity index (χ4n) is 1.84. The van der Waals surface area contributed by atoms with Crippen LogP contribution in [0.1, 0.15) is 26.7 Å². The second kappa shape index (κ2) is 9.84. The molecule has 0 heterocycles. The summed E-state index contributed by atoms with van der Waals surface area (Å²) in [5.41, 5.74) is 0. The number of rotatable bonds is 9. The number of hydrogen-bond donors (Lipinski definition) is 1. The average Bonchev–Trinajstić information content (AvgIpc) is 2.35. The molecule has 0 fully saturated rings. The van der Waals surface area contributed by atoms with E-state index in [4.69, 9.17) is 0 Å². The van der Waals surface area contributed by atoms with Crippen molar-refractivity contribution in [3.63, 3.8) is 0 Å². The van der Waals surface area contributed by atoms with Crippen LogP contribution in [-0.4, -0.2) is 31.1 Å². The van der Waals surface area contributed by atoms with Gasteiger partial charge in [-0.2, -0.15) is 0 Å². The predicted molar refractivity (Wildman–Crippen MR) is 85.0 cm³/mol. The molecule has 0 bridgehead atoms. The summed E-state index contributed by atoms with van der Waals surface area (Å²) in [5, 5.41) is 0. The first-order chi connectivity index (χ1) is 8.76. The molecule has 0 spiro atoms. The Kier molecular flexibility index (Phi) is 8.76. The first kappa shape index (κ1) is 16.0. The third kappa shape index (κ3) is 6.78. The van der Waals surface area contributed by atoms with Crippen molar-refractivity contribution >= 4 is 27.9 Å². The lowest BCUT2D eigenvalue weighted by Crippen LogP contribution is -2.31. The summed E-state index contributed by atoms with van der Waals surface area (Å²) in [4.78, 5) is 3.77. The summed E-state index contributed by atoms with van der Waals surface area (Å²) in [6, 6.07) is 8.37. The number of nitrogens with zero attached hydrogens (tertiary/aromatic N) is 1. The van der Waals surface area contributed by atoms with E-state index in [9.17, 15) is 0 Å². The van der Waals surface area contributed by atoms with E-state index < -0.39 is 0 Å². The monoisotopic (exact) mass is 330 g/mol. The second-order valence-corrected chi connectivity index (χ2v) is 6.18. The molecule has 1 rings (SSSR count). The van der Waals surface area contributed by atoms with Gasteiger partial charge in [0.15, 0.2) is 0 Å². The van der Waals surface area contributed by atoms with Crippen molar-refractivity contribution < 1.29 is 0 Å². The van der Waals surface area contributed by atoms with Gasteiger partial charge in [-0.05, 0) is 56.1 Å². The fourth-order valence-corrected chi connectivity index (χ4v) is 3.08. The molecule has 0 aliphatic heterocycles. The third-order valence-electron chi connectivity index (χ3n) is 2.60. The Morgan fingerprint density at radius 1 is 1.17 bits per heavy atom. The van der Waals surface area contributed by atoms with Crippen LogP contribution in [-0.2, 0) is 0 Å². The van der Waals surface area contributed by atoms with Gasteiger partial charge >= 0.3 is 0 Å². The predicted octanol–water partition coefficient (Wildman–Crippen LogP) is 4.17. The zero-order valence-electron chi connectivity index (χ0n) is 11.3. The Morgan fingerprint density at radius 2 is 1.89 bits per heavy atom. The molecule has 2 nitrogen and oxygen atoms in total. The van der Waals surface area contributed by atoms with E-state index >= 15 is 0 Å². The quantitative estimate of drug-likeness (QED) is 0.540. The summed E-state index contributed by atoms with van der Waals surface area (Å²) in [6.45, 7) is 9.05. The molecular formula is C14H23BrN2S. The van der Waals surface area contributed by atoms with Gasteiger partial charge < -0.3 is 4.90 Å². The van der Waals surface area contributed by atoms with Crippen LogP contribution in [0.3, 0.4) is 0 Å². The van der Waals surface area contributed by atoms with Crippen LogP contribution < -0.4 is 4.72 Å².